The number of hydrogen-bond donors (Lipinski definition) is 2. The SMILES string of the molecule is O=C(COc1ccc(Br)cc1Cl)Nc1ccccc1C(=O)NCC1CCCO1. The minimum absolute atomic E-state index is 0.0507. The molecule has 148 valence electrons. The Balaban J connectivity index is 1.57. The van der Waals surface area contributed by atoms with Gasteiger partial charge < -0.3 is 20.1 Å². The molecule has 0 aromatic heterocycles. The molecular weight excluding hydrogens is 448 g/mol. The summed E-state index contributed by atoms with van der Waals surface area (Å²) in [5.41, 5.74) is 0.804. The van der Waals surface area contributed by atoms with Crippen molar-refractivity contribution >= 4 is 45.0 Å². The van der Waals surface area contributed by atoms with E-state index in [1.807, 2.05) is 0 Å². The van der Waals surface area contributed by atoms with Crippen molar-refractivity contribution in [3.63, 3.8) is 0 Å². The normalized spacial score (nSPS) is 15.9. The van der Waals surface area contributed by atoms with Crippen LogP contribution in [0, 0.1) is 0 Å². The number of carbonyl (C=O) groups excluding carboxylic acids is 2. The van der Waals surface area contributed by atoms with Gasteiger partial charge in [-0.2, -0.15) is 0 Å². The van der Waals surface area contributed by atoms with Crippen molar-refractivity contribution in [2.75, 3.05) is 25.1 Å². The van der Waals surface area contributed by atoms with Crippen molar-refractivity contribution in [3.8, 4) is 5.75 Å². The summed E-state index contributed by atoms with van der Waals surface area (Å²) in [6, 6.07) is 12.0. The zero-order valence-corrected chi connectivity index (χ0v) is 17.4. The molecule has 2 aromatic rings. The molecule has 1 heterocycles. The molecule has 1 atom stereocenters. The molecule has 1 fully saturated rings. The van der Waals surface area contributed by atoms with E-state index in [2.05, 4.69) is 26.6 Å². The molecule has 8 heteroatoms. The van der Waals surface area contributed by atoms with E-state index in [9.17, 15) is 9.59 Å². The van der Waals surface area contributed by atoms with E-state index >= 15 is 0 Å². The van der Waals surface area contributed by atoms with Gasteiger partial charge in [0.15, 0.2) is 6.61 Å². The standard InChI is InChI=1S/C20H20BrClN2O4/c21-13-7-8-18(16(22)10-13)28-12-19(25)24-17-6-2-1-5-15(17)20(26)23-11-14-4-3-9-27-14/h1-2,5-8,10,14H,3-4,9,11-12H2,(H,23,26)(H,24,25). The summed E-state index contributed by atoms with van der Waals surface area (Å²) in [5, 5.41) is 5.97. The Morgan fingerprint density at radius 1 is 1.25 bits per heavy atom. The highest BCUT2D eigenvalue weighted by molar-refractivity contribution is 9.10. The summed E-state index contributed by atoms with van der Waals surface area (Å²) in [6.45, 7) is 0.953. The monoisotopic (exact) mass is 466 g/mol. The second kappa shape index (κ2) is 9.91. The van der Waals surface area contributed by atoms with Crippen LogP contribution in [0.3, 0.4) is 0 Å². The number of halogens is 2. The van der Waals surface area contributed by atoms with Crippen LogP contribution in [0.15, 0.2) is 46.9 Å². The molecule has 6 nitrogen and oxygen atoms in total. The Labute approximate surface area is 176 Å². The molecule has 3 rings (SSSR count). The predicted molar refractivity (Wildman–Crippen MR) is 111 cm³/mol. The van der Waals surface area contributed by atoms with Gasteiger partial charge in [0.05, 0.1) is 22.4 Å². The van der Waals surface area contributed by atoms with Crippen molar-refractivity contribution in [2.24, 2.45) is 0 Å². The first kappa shape index (κ1) is 20.6. The number of rotatable bonds is 7. The zero-order valence-electron chi connectivity index (χ0n) is 15.0. The zero-order chi connectivity index (χ0) is 19.9. The summed E-state index contributed by atoms with van der Waals surface area (Å²) in [5.74, 6) is -0.246. The van der Waals surface area contributed by atoms with Gasteiger partial charge in [-0.05, 0) is 43.2 Å². The third-order valence-corrected chi connectivity index (χ3v) is 5.00. The van der Waals surface area contributed by atoms with E-state index in [4.69, 9.17) is 21.1 Å². The fraction of sp³-hybridized carbons (Fsp3) is 0.300. The highest BCUT2D eigenvalue weighted by Crippen LogP contribution is 2.27. The van der Waals surface area contributed by atoms with E-state index in [1.165, 1.54) is 0 Å². The van der Waals surface area contributed by atoms with Gasteiger partial charge in [0.25, 0.3) is 11.8 Å². The molecule has 1 unspecified atom stereocenters. The van der Waals surface area contributed by atoms with Gasteiger partial charge in [0.1, 0.15) is 5.75 Å². The van der Waals surface area contributed by atoms with Crippen LogP contribution < -0.4 is 15.4 Å². The third-order valence-electron chi connectivity index (χ3n) is 4.21. The average molecular weight is 468 g/mol. The number of hydrogen-bond acceptors (Lipinski definition) is 4. The van der Waals surface area contributed by atoms with Crippen molar-refractivity contribution in [1.82, 2.24) is 5.32 Å². The summed E-state index contributed by atoms with van der Waals surface area (Å²) in [4.78, 5) is 24.8. The summed E-state index contributed by atoms with van der Waals surface area (Å²) < 4.78 is 11.8. The fourth-order valence-corrected chi connectivity index (χ4v) is 3.55. The molecule has 1 aliphatic heterocycles. The van der Waals surface area contributed by atoms with E-state index in [1.54, 1.807) is 42.5 Å². The smallest absolute Gasteiger partial charge is 0.262 e. The highest BCUT2D eigenvalue weighted by atomic mass is 79.9. The Kier molecular flexibility index (Phi) is 7.30. The molecule has 0 saturated carbocycles. The van der Waals surface area contributed by atoms with Gasteiger partial charge in [-0.15, -0.1) is 0 Å². The molecule has 0 spiro atoms. The van der Waals surface area contributed by atoms with Crippen LogP contribution >= 0.6 is 27.5 Å². The van der Waals surface area contributed by atoms with Crippen LogP contribution in [-0.4, -0.2) is 37.7 Å². The van der Waals surface area contributed by atoms with Crippen LogP contribution in [0.25, 0.3) is 0 Å². The molecule has 2 amide bonds. The van der Waals surface area contributed by atoms with Crippen molar-refractivity contribution in [3.05, 3.63) is 57.5 Å². The first-order valence-electron chi connectivity index (χ1n) is 8.89. The predicted octanol–water partition coefficient (Wildman–Crippen LogP) is 4.03. The first-order valence-corrected chi connectivity index (χ1v) is 10.1. The topological polar surface area (TPSA) is 76.7 Å². The lowest BCUT2D eigenvalue weighted by Crippen LogP contribution is -2.32. The third kappa shape index (κ3) is 5.70. The maximum atomic E-state index is 12.5. The van der Waals surface area contributed by atoms with Gasteiger partial charge in [0.2, 0.25) is 0 Å². The highest BCUT2D eigenvalue weighted by Gasteiger charge is 2.18. The van der Waals surface area contributed by atoms with Gasteiger partial charge in [-0.1, -0.05) is 39.7 Å². The Bertz CT molecular complexity index is 856. The molecule has 0 aliphatic carbocycles. The molecule has 28 heavy (non-hydrogen) atoms. The van der Waals surface area contributed by atoms with Gasteiger partial charge >= 0.3 is 0 Å². The molecule has 1 aliphatic rings. The first-order chi connectivity index (χ1) is 13.5. The van der Waals surface area contributed by atoms with E-state index < -0.39 is 5.91 Å². The van der Waals surface area contributed by atoms with Gasteiger partial charge in [-0.3, -0.25) is 9.59 Å². The van der Waals surface area contributed by atoms with E-state index in [0.29, 0.717) is 28.6 Å². The Morgan fingerprint density at radius 3 is 2.82 bits per heavy atom. The number of carbonyl (C=O) groups is 2. The van der Waals surface area contributed by atoms with Crippen molar-refractivity contribution < 1.29 is 19.1 Å². The van der Waals surface area contributed by atoms with Crippen LogP contribution in [0.1, 0.15) is 23.2 Å². The maximum absolute atomic E-state index is 12.5. The molecular formula is C20H20BrClN2O4. The lowest BCUT2D eigenvalue weighted by Gasteiger charge is -2.14. The fourth-order valence-electron chi connectivity index (χ4n) is 2.82. The van der Waals surface area contributed by atoms with Crippen molar-refractivity contribution in [2.45, 2.75) is 18.9 Å². The van der Waals surface area contributed by atoms with Crippen LogP contribution in [-0.2, 0) is 9.53 Å². The largest absolute Gasteiger partial charge is 0.482 e. The lowest BCUT2D eigenvalue weighted by atomic mass is 10.1. The van der Waals surface area contributed by atoms with E-state index in [-0.39, 0.29) is 18.6 Å². The second-order valence-corrected chi connectivity index (χ2v) is 7.63. The summed E-state index contributed by atoms with van der Waals surface area (Å²) in [7, 11) is 0. The van der Waals surface area contributed by atoms with Gasteiger partial charge in [-0.25, -0.2) is 0 Å². The van der Waals surface area contributed by atoms with Crippen LogP contribution in [0.5, 0.6) is 5.75 Å². The minimum atomic E-state index is -0.390. The lowest BCUT2D eigenvalue weighted by molar-refractivity contribution is -0.118. The number of ether oxygens (including phenoxy) is 2. The Hall–Kier alpha value is -2.09. The summed E-state index contributed by atoms with van der Waals surface area (Å²) >= 11 is 9.39. The van der Waals surface area contributed by atoms with Gasteiger partial charge in [0, 0.05) is 17.6 Å². The van der Waals surface area contributed by atoms with Crippen LogP contribution in [0.4, 0.5) is 5.69 Å². The van der Waals surface area contributed by atoms with E-state index in [0.717, 1.165) is 23.9 Å². The number of benzene rings is 2. The quantitative estimate of drug-likeness (QED) is 0.645. The maximum Gasteiger partial charge on any atom is 0.262 e. The Morgan fingerprint density at radius 2 is 2.07 bits per heavy atom. The number of amides is 2. The van der Waals surface area contributed by atoms with Crippen LogP contribution in [0.2, 0.25) is 5.02 Å². The summed E-state index contributed by atoms with van der Waals surface area (Å²) in [6.07, 6.45) is 2.00. The van der Waals surface area contributed by atoms with Crippen molar-refractivity contribution in [1.29, 1.82) is 0 Å². The number of nitrogens with one attached hydrogen (secondary N) is 2. The second-order valence-electron chi connectivity index (χ2n) is 6.30. The minimum Gasteiger partial charge on any atom is -0.482 e. The number of anilines is 1. The molecule has 0 bridgehead atoms. The molecule has 0 radical (unpaired) electrons. The molecule has 2 N–H and O–H groups in total. The average Bonchev–Trinajstić information content (AvgIpc) is 3.19. The molecule has 2 aromatic carbocycles. The molecule has 1 saturated heterocycles. The number of para-hydroxylation sites is 1.